The minimum Gasteiger partial charge on any atom is -0.406 e. The van der Waals surface area contributed by atoms with E-state index in [4.69, 9.17) is 0 Å². The Morgan fingerprint density at radius 2 is 1.68 bits per heavy atom. The van der Waals surface area contributed by atoms with Gasteiger partial charge in [-0.3, -0.25) is 14.6 Å². The molecule has 0 aliphatic carbocycles. The van der Waals surface area contributed by atoms with Crippen LogP contribution < -0.4 is 4.74 Å². The molecule has 1 unspecified atom stereocenters. The van der Waals surface area contributed by atoms with Gasteiger partial charge >= 0.3 is 6.36 Å². The van der Waals surface area contributed by atoms with Gasteiger partial charge in [-0.15, -0.1) is 13.2 Å². The molecule has 3 rings (SSSR count). The van der Waals surface area contributed by atoms with E-state index in [1.165, 1.54) is 18.6 Å². The zero-order chi connectivity index (χ0) is 20.1. The highest BCUT2D eigenvalue weighted by Crippen LogP contribution is 2.23. The number of hydrogen-bond acceptors (Lipinski definition) is 4. The van der Waals surface area contributed by atoms with Gasteiger partial charge in [0.15, 0.2) is 0 Å². The van der Waals surface area contributed by atoms with Crippen molar-refractivity contribution in [2.45, 2.75) is 45.1 Å². The maximum atomic E-state index is 12.6. The Morgan fingerprint density at radius 3 is 2.29 bits per heavy atom. The lowest BCUT2D eigenvalue weighted by atomic mass is 10.0. The molecule has 1 aromatic rings. The summed E-state index contributed by atoms with van der Waals surface area (Å²) in [7, 11) is 0. The van der Waals surface area contributed by atoms with Gasteiger partial charge in [-0.2, -0.15) is 0 Å². The second-order valence-corrected chi connectivity index (χ2v) is 7.68. The van der Waals surface area contributed by atoms with E-state index in [2.05, 4.69) is 21.5 Å². The summed E-state index contributed by atoms with van der Waals surface area (Å²) in [6.45, 7) is 7.46. The van der Waals surface area contributed by atoms with Crippen molar-refractivity contribution >= 4 is 5.91 Å². The first kappa shape index (κ1) is 20.9. The lowest BCUT2D eigenvalue weighted by Gasteiger charge is -2.38. The Balaban J connectivity index is 1.42. The molecule has 1 aromatic carbocycles. The number of rotatable bonds is 5. The zero-order valence-corrected chi connectivity index (χ0v) is 16.2. The number of piperidine rings is 1. The monoisotopic (exact) mass is 399 g/mol. The molecule has 0 aromatic heterocycles. The Bertz CT molecular complexity index is 643. The average Bonchev–Trinajstić information content (AvgIpc) is 2.64. The highest BCUT2D eigenvalue weighted by atomic mass is 19.4. The number of benzene rings is 1. The van der Waals surface area contributed by atoms with E-state index < -0.39 is 6.36 Å². The summed E-state index contributed by atoms with van der Waals surface area (Å²) in [5, 5.41) is 0. The van der Waals surface area contributed by atoms with Crippen molar-refractivity contribution in [2.75, 3.05) is 39.3 Å². The summed E-state index contributed by atoms with van der Waals surface area (Å²) in [4.78, 5) is 19.0. The third-order valence-corrected chi connectivity index (χ3v) is 5.51. The van der Waals surface area contributed by atoms with Crippen LogP contribution in [0.2, 0.25) is 0 Å². The predicted molar refractivity (Wildman–Crippen MR) is 99.9 cm³/mol. The lowest BCUT2D eigenvalue weighted by molar-refractivity contribution is -0.274. The number of hydrogen-bond donors (Lipinski definition) is 0. The van der Waals surface area contributed by atoms with Crippen LogP contribution in [0.5, 0.6) is 5.75 Å². The number of carbonyl (C=O) groups is 1. The molecule has 2 aliphatic rings. The number of halogens is 3. The second-order valence-electron chi connectivity index (χ2n) is 7.68. The van der Waals surface area contributed by atoms with Crippen LogP contribution >= 0.6 is 0 Å². The Labute approximate surface area is 164 Å². The minimum atomic E-state index is -4.67. The first-order valence-corrected chi connectivity index (χ1v) is 9.89. The topological polar surface area (TPSA) is 36.0 Å². The smallest absolute Gasteiger partial charge is 0.406 e. The van der Waals surface area contributed by atoms with Gasteiger partial charge in [0, 0.05) is 45.3 Å². The number of likely N-dealkylation sites (tertiary alicyclic amines) is 1. The fourth-order valence-electron chi connectivity index (χ4n) is 3.91. The van der Waals surface area contributed by atoms with Gasteiger partial charge in [0.05, 0.1) is 6.54 Å². The van der Waals surface area contributed by atoms with Gasteiger partial charge in [-0.05, 0) is 43.9 Å². The van der Waals surface area contributed by atoms with Crippen molar-refractivity contribution in [2.24, 2.45) is 0 Å². The van der Waals surface area contributed by atoms with E-state index in [1.807, 2.05) is 4.90 Å². The Morgan fingerprint density at radius 1 is 1.04 bits per heavy atom. The first-order valence-electron chi connectivity index (χ1n) is 9.89. The standard InChI is InChI=1S/C20H28F3N3O2/c1-16-4-2-3-9-26(16)19(27)15-25-12-10-24(11-13-25)14-17-5-7-18(8-6-17)28-20(21,22)23/h5-8,16H,2-4,9-15H2,1H3. The normalized spacial score (nSPS) is 22.3. The van der Waals surface area contributed by atoms with Gasteiger partial charge in [-0.25, -0.2) is 0 Å². The second kappa shape index (κ2) is 9.13. The number of nitrogens with zero attached hydrogens (tertiary/aromatic N) is 3. The fourth-order valence-corrected chi connectivity index (χ4v) is 3.91. The number of amides is 1. The molecule has 0 N–H and O–H groups in total. The number of carbonyl (C=O) groups excluding carboxylic acids is 1. The molecule has 2 saturated heterocycles. The molecule has 1 amide bonds. The highest BCUT2D eigenvalue weighted by Gasteiger charge is 2.31. The van der Waals surface area contributed by atoms with Gasteiger partial charge in [0.1, 0.15) is 5.75 Å². The Kier molecular flexibility index (Phi) is 6.82. The van der Waals surface area contributed by atoms with Crippen molar-refractivity contribution in [3.05, 3.63) is 29.8 Å². The summed E-state index contributed by atoms with van der Waals surface area (Å²) in [5.41, 5.74) is 0.946. The summed E-state index contributed by atoms with van der Waals surface area (Å²) in [6.07, 6.45) is -1.28. The van der Waals surface area contributed by atoms with E-state index in [0.29, 0.717) is 19.1 Å². The third kappa shape index (κ3) is 6.10. The molecule has 2 aliphatic heterocycles. The van der Waals surface area contributed by atoms with Crippen LogP contribution in [0, 0.1) is 0 Å². The minimum absolute atomic E-state index is 0.202. The SMILES string of the molecule is CC1CCCCN1C(=O)CN1CCN(Cc2ccc(OC(F)(F)F)cc2)CC1. The molecule has 8 heteroatoms. The number of piperazine rings is 1. The average molecular weight is 399 g/mol. The van der Waals surface area contributed by atoms with Crippen LogP contribution in [-0.4, -0.2) is 72.3 Å². The molecular weight excluding hydrogens is 371 g/mol. The maximum absolute atomic E-state index is 12.6. The van der Waals surface area contributed by atoms with Crippen molar-refractivity contribution in [1.29, 1.82) is 0 Å². The van der Waals surface area contributed by atoms with Gasteiger partial charge in [0.2, 0.25) is 5.91 Å². The molecule has 28 heavy (non-hydrogen) atoms. The molecule has 2 heterocycles. The summed E-state index contributed by atoms with van der Waals surface area (Å²) in [6, 6.07) is 6.35. The highest BCUT2D eigenvalue weighted by molar-refractivity contribution is 5.78. The molecule has 156 valence electrons. The number of ether oxygens (including phenoxy) is 1. The fraction of sp³-hybridized carbons (Fsp3) is 0.650. The largest absolute Gasteiger partial charge is 0.573 e. The van der Waals surface area contributed by atoms with Crippen LogP contribution in [0.1, 0.15) is 31.7 Å². The van der Waals surface area contributed by atoms with E-state index in [9.17, 15) is 18.0 Å². The van der Waals surface area contributed by atoms with E-state index in [-0.39, 0.29) is 11.7 Å². The van der Waals surface area contributed by atoms with Crippen LogP contribution in [0.3, 0.4) is 0 Å². The Hall–Kier alpha value is -1.80. The van der Waals surface area contributed by atoms with Crippen molar-refractivity contribution in [3.63, 3.8) is 0 Å². The quantitative estimate of drug-likeness (QED) is 0.762. The zero-order valence-electron chi connectivity index (χ0n) is 16.2. The molecule has 5 nitrogen and oxygen atoms in total. The van der Waals surface area contributed by atoms with Crippen LogP contribution in [-0.2, 0) is 11.3 Å². The van der Waals surface area contributed by atoms with Crippen molar-refractivity contribution in [1.82, 2.24) is 14.7 Å². The predicted octanol–water partition coefficient (Wildman–Crippen LogP) is 3.10. The summed E-state index contributed by atoms with van der Waals surface area (Å²) in [5.74, 6) is 0.0208. The number of alkyl halides is 3. The van der Waals surface area contributed by atoms with Crippen LogP contribution in [0.25, 0.3) is 0 Å². The molecule has 0 spiro atoms. The molecular formula is C20H28F3N3O2. The van der Waals surface area contributed by atoms with E-state index in [0.717, 1.165) is 51.1 Å². The summed E-state index contributed by atoms with van der Waals surface area (Å²) >= 11 is 0. The first-order chi connectivity index (χ1) is 13.3. The lowest BCUT2D eigenvalue weighted by Crippen LogP contribution is -2.51. The molecule has 0 radical (unpaired) electrons. The summed E-state index contributed by atoms with van der Waals surface area (Å²) < 4.78 is 40.6. The van der Waals surface area contributed by atoms with Crippen LogP contribution in [0.4, 0.5) is 13.2 Å². The van der Waals surface area contributed by atoms with Gasteiger partial charge < -0.3 is 9.64 Å². The molecule has 0 saturated carbocycles. The van der Waals surface area contributed by atoms with Crippen LogP contribution in [0.15, 0.2) is 24.3 Å². The third-order valence-electron chi connectivity index (χ3n) is 5.51. The maximum Gasteiger partial charge on any atom is 0.573 e. The van der Waals surface area contributed by atoms with E-state index >= 15 is 0 Å². The van der Waals surface area contributed by atoms with E-state index in [1.54, 1.807) is 12.1 Å². The van der Waals surface area contributed by atoms with Gasteiger partial charge in [0.25, 0.3) is 0 Å². The molecule has 1 atom stereocenters. The van der Waals surface area contributed by atoms with Crippen molar-refractivity contribution < 1.29 is 22.7 Å². The van der Waals surface area contributed by atoms with Gasteiger partial charge in [-0.1, -0.05) is 12.1 Å². The van der Waals surface area contributed by atoms with Crippen molar-refractivity contribution in [3.8, 4) is 5.75 Å². The molecule has 0 bridgehead atoms. The molecule has 2 fully saturated rings.